The van der Waals surface area contributed by atoms with E-state index in [2.05, 4.69) is 4.99 Å². The van der Waals surface area contributed by atoms with E-state index in [1.165, 1.54) is 35.3 Å². The van der Waals surface area contributed by atoms with Crippen molar-refractivity contribution in [2.75, 3.05) is 20.3 Å². The van der Waals surface area contributed by atoms with Gasteiger partial charge < -0.3 is 18.6 Å². The predicted molar refractivity (Wildman–Crippen MR) is 148 cm³/mol. The van der Waals surface area contributed by atoms with Gasteiger partial charge in [-0.1, -0.05) is 53.3 Å². The first-order valence-electron chi connectivity index (χ1n) is 12.5. The number of allylic oxidation sites excluding steroid dienone is 1. The second kappa shape index (κ2) is 11.7. The summed E-state index contributed by atoms with van der Waals surface area (Å²) in [5.74, 6) is -0.879. The van der Waals surface area contributed by atoms with Gasteiger partial charge in [0.05, 0.1) is 34.7 Å². The lowest BCUT2D eigenvalue weighted by atomic mass is 9.96. The zero-order chi connectivity index (χ0) is 28.2. The SMILES string of the molecule is COCCOC(=O)C1=C(C)N=c2s/c(=C/c3ccc(C)cc3)c(=O)n2C1c1ccc(OC(=O)c2ccco2)cc1. The van der Waals surface area contributed by atoms with Gasteiger partial charge in [0.1, 0.15) is 12.4 Å². The molecule has 1 atom stereocenters. The Balaban J connectivity index is 1.56. The molecule has 40 heavy (non-hydrogen) atoms. The zero-order valence-electron chi connectivity index (χ0n) is 22.1. The molecule has 1 unspecified atom stereocenters. The summed E-state index contributed by atoms with van der Waals surface area (Å²) in [4.78, 5) is 44.4. The number of ether oxygens (including phenoxy) is 3. The number of nitrogens with zero attached hydrogens (tertiary/aromatic N) is 2. The van der Waals surface area contributed by atoms with E-state index in [4.69, 9.17) is 18.6 Å². The van der Waals surface area contributed by atoms with Crippen molar-refractivity contribution < 1.29 is 28.2 Å². The fraction of sp³-hybridized carbons (Fsp3) is 0.200. The van der Waals surface area contributed by atoms with Gasteiger partial charge in [0.15, 0.2) is 4.80 Å². The number of furan rings is 1. The number of thiazole rings is 1. The number of aromatic nitrogens is 1. The molecule has 0 fully saturated rings. The molecule has 204 valence electrons. The summed E-state index contributed by atoms with van der Waals surface area (Å²) >= 11 is 1.25. The molecule has 3 heterocycles. The summed E-state index contributed by atoms with van der Waals surface area (Å²) in [6.45, 7) is 4.00. The molecule has 0 spiro atoms. The Bertz CT molecular complexity index is 1750. The van der Waals surface area contributed by atoms with E-state index in [0.717, 1.165) is 11.1 Å². The number of esters is 2. The van der Waals surface area contributed by atoms with Crippen molar-refractivity contribution in [3.05, 3.63) is 120 Å². The lowest BCUT2D eigenvalue weighted by Gasteiger charge is -2.25. The van der Waals surface area contributed by atoms with Gasteiger partial charge in [-0.05, 0) is 55.3 Å². The van der Waals surface area contributed by atoms with Crippen LogP contribution >= 0.6 is 11.3 Å². The molecule has 5 rings (SSSR count). The van der Waals surface area contributed by atoms with Gasteiger partial charge in [0, 0.05) is 7.11 Å². The summed E-state index contributed by atoms with van der Waals surface area (Å²) in [5.41, 5.74) is 3.02. The average Bonchev–Trinajstić information content (AvgIpc) is 3.59. The molecule has 1 aliphatic heterocycles. The molecule has 0 amide bonds. The molecular formula is C30H26N2O7S. The highest BCUT2D eigenvalue weighted by molar-refractivity contribution is 7.07. The summed E-state index contributed by atoms with van der Waals surface area (Å²) in [6, 6.07) is 16.7. The second-order valence-corrected chi connectivity index (χ2v) is 10.1. The van der Waals surface area contributed by atoms with Crippen LogP contribution in [0.4, 0.5) is 0 Å². The van der Waals surface area contributed by atoms with Gasteiger partial charge in [0.25, 0.3) is 5.56 Å². The highest BCUT2D eigenvalue weighted by atomic mass is 32.1. The molecule has 0 saturated carbocycles. The van der Waals surface area contributed by atoms with Crippen molar-refractivity contribution in [1.82, 2.24) is 4.57 Å². The minimum Gasteiger partial charge on any atom is -0.460 e. The Labute approximate surface area is 233 Å². The molecule has 0 bridgehead atoms. The Morgan fingerprint density at radius 3 is 2.45 bits per heavy atom. The Morgan fingerprint density at radius 2 is 1.77 bits per heavy atom. The minimum atomic E-state index is -0.804. The standard InChI is InChI=1S/C30H26N2O7S/c1-18-6-8-20(9-7-18)17-24-27(33)32-26(25(19(2)31-30(32)40-24)29(35)38-16-15-36-3)21-10-12-22(13-11-21)39-28(34)23-5-4-14-37-23/h4-14,17,26H,15-16H2,1-3H3/b24-17+. The third kappa shape index (κ3) is 5.58. The molecule has 1 aliphatic rings. The van der Waals surface area contributed by atoms with E-state index in [1.807, 2.05) is 37.3 Å². The summed E-state index contributed by atoms with van der Waals surface area (Å²) in [6.07, 6.45) is 3.20. The first kappa shape index (κ1) is 27.0. The summed E-state index contributed by atoms with van der Waals surface area (Å²) in [7, 11) is 1.51. The van der Waals surface area contributed by atoms with Crippen molar-refractivity contribution in [2.24, 2.45) is 4.99 Å². The average molecular weight is 559 g/mol. The van der Waals surface area contributed by atoms with Crippen LogP contribution in [0.15, 0.2) is 92.4 Å². The van der Waals surface area contributed by atoms with Crippen LogP contribution in [0.1, 0.15) is 40.2 Å². The summed E-state index contributed by atoms with van der Waals surface area (Å²) in [5, 5.41) is 0. The van der Waals surface area contributed by atoms with Crippen LogP contribution in [0.5, 0.6) is 5.75 Å². The van der Waals surface area contributed by atoms with E-state index in [1.54, 1.807) is 37.3 Å². The number of fused-ring (bicyclic) bond motifs is 1. The van der Waals surface area contributed by atoms with Crippen LogP contribution < -0.4 is 19.6 Å². The van der Waals surface area contributed by atoms with Crippen LogP contribution in [0.3, 0.4) is 0 Å². The maximum atomic E-state index is 13.8. The van der Waals surface area contributed by atoms with Gasteiger partial charge in [-0.2, -0.15) is 0 Å². The Kier molecular flexibility index (Phi) is 7.90. The monoisotopic (exact) mass is 558 g/mol. The van der Waals surface area contributed by atoms with Crippen molar-refractivity contribution in [3.8, 4) is 5.75 Å². The topological polar surface area (TPSA) is 109 Å². The van der Waals surface area contributed by atoms with Gasteiger partial charge >= 0.3 is 11.9 Å². The van der Waals surface area contributed by atoms with E-state index in [-0.39, 0.29) is 35.9 Å². The lowest BCUT2D eigenvalue weighted by Crippen LogP contribution is -2.40. The molecule has 9 nitrogen and oxygen atoms in total. The maximum Gasteiger partial charge on any atom is 0.379 e. The number of aryl methyl sites for hydroxylation is 1. The van der Waals surface area contributed by atoms with Crippen LogP contribution in [0.25, 0.3) is 6.08 Å². The number of carbonyl (C=O) groups excluding carboxylic acids is 2. The fourth-order valence-electron chi connectivity index (χ4n) is 4.28. The van der Waals surface area contributed by atoms with Gasteiger partial charge in [-0.25, -0.2) is 14.6 Å². The smallest absolute Gasteiger partial charge is 0.379 e. The number of rotatable bonds is 8. The Hall–Kier alpha value is -4.54. The third-order valence-corrected chi connectivity index (χ3v) is 7.25. The number of hydrogen-bond donors (Lipinski definition) is 0. The molecule has 10 heteroatoms. The number of methoxy groups -OCH3 is 1. The normalized spacial score (nSPS) is 15.0. The highest BCUT2D eigenvalue weighted by Gasteiger charge is 2.33. The Morgan fingerprint density at radius 1 is 1.02 bits per heavy atom. The largest absolute Gasteiger partial charge is 0.460 e. The van der Waals surface area contributed by atoms with Gasteiger partial charge in [-0.3, -0.25) is 9.36 Å². The molecule has 0 saturated heterocycles. The molecule has 0 N–H and O–H groups in total. The van der Waals surface area contributed by atoms with Crippen LogP contribution in [-0.4, -0.2) is 36.8 Å². The van der Waals surface area contributed by atoms with E-state index in [0.29, 0.717) is 20.6 Å². The summed E-state index contributed by atoms with van der Waals surface area (Å²) < 4.78 is 22.9. The number of benzene rings is 2. The van der Waals surface area contributed by atoms with E-state index < -0.39 is 18.0 Å². The lowest BCUT2D eigenvalue weighted by molar-refractivity contribution is -0.140. The molecule has 0 radical (unpaired) electrons. The molecule has 0 aliphatic carbocycles. The molecular weight excluding hydrogens is 532 g/mol. The molecule has 2 aromatic carbocycles. The van der Waals surface area contributed by atoms with Gasteiger partial charge in [-0.15, -0.1) is 0 Å². The van der Waals surface area contributed by atoms with Crippen molar-refractivity contribution >= 4 is 29.4 Å². The predicted octanol–water partition coefficient (Wildman–Crippen LogP) is 3.55. The highest BCUT2D eigenvalue weighted by Crippen LogP contribution is 2.31. The zero-order valence-corrected chi connectivity index (χ0v) is 22.9. The van der Waals surface area contributed by atoms with Crippen molar-refractivity contribution in [3.63, 3.8) is 0 Å². The molecule has 4 aromatic rings. The second-order valence-electron chi connectivity index (χ2n) is 9.06. The van der Waals surface area contributed by atoms with Crippen LogP contribution in [0.2, 0.25) is 0 Å². The minimum absolute atomic E-state index is 0.0539. The van der Waals surface area contributed by atoms with Crippen LogP contribution in [-0.2, 0) is 14.3 Å². The van der Waals surface area contributed by atoms with Crippen molar-refractivity contribution in [1.29, 1.82) is 0 Å². The van der Waals surface area contributed by atoms with Gasteiger partial charge in [0.2, 0.25) is 5.76 Å². The first-order valence-corrected chi connectivity index (χ1v) is 13.3. The number of hydrogen-bond acceptors (Lipinski definition) is 9. The maximum absolute atomic E-state index is 13.8. The third-order valence-electron chi connectivity index (χ3n) is 6.27. The fourth-order valence-corrected chi connectivity index (χ4v) is 5.32. The van der Waals surface area contributed by atoms with E-state index in [9.17, 15) is 14.4 Å². The van der Waals surface area contributed by atoms with Crippen LogP contribution in [0, 0.1) is 6.92 Å². The molecule has 2 aromatic heterocycles. The quantitative estimate of drug-likeness (QED) is 0.185. The number of carbonyl (C=O) groups is 2. The van der Waals surface area contributed by atoms with Crippen molar-refractivity contribution in [2.45, 2.75) is 19.9 Å². The van der Waals surface area contributed by atoms with E-state index >= 15 is 0 Å². The first-order chi connectivity index (χ1) is 19.4.